The molecule has 0 aromatic heterocycles. The van der Waals surface area contributed by atoms with Crippen molar-refractivity contribution in [3.63, 3.8) is 0 Å². The van der Waals surface area contributed by atoms with Gasteiger partial charge >= 0.3 is 0 Å². The molecular formula is C8H14FN. The van der Waals surface area contributed by atoms with E-state index in [2.05, 4.69) is 5.32 Å². The average molecular weight is 143 g/mol. The number of hydrogen-bond acceptors (Lipinski definition) is 1. The highest BCUT2D eigenvalue weighted by Gasteiger charge is 2.45. The normalized spacial score (nSPS) is 52.2. The van der Waals surface area contributed by atoms with Crippen LogP contribution in [-0.4, -0.2) is 19.3 Å². The first-order valence-electron chi connectivity index (χ1n) is 4.12. The third kappa shape index (κ3) is 0.782. The van der Waals surface area contributed by atoms with Crippen molar-refractivity contribution in [1.82, 2.24) is 5.32 Å². The van der Waals surface area contributed by atoms with Crippen LogP contribution in [0.2, 0.25) is 0 Å². The molecule has 1 N–H and O–H groups in total. The summed E-state index contributed by atoms with van der Waals surface area (Å²) in [4.78, 5) is 0. The van der Waals surface area contributed by atoms with Gasteiger partial charge in [-0.15, -0.1) is 0 Å². The maximum absolute atomic E-state index is 12.9. The van der Waals surface area contributed by atoms with E-state index in [1.165, 1.54) is 0 Å². The lowest BCUT2D eigenvalue weighted by Gasteiger charge is -2.22. The quantitative estimate of drug-likeness (QED) is 0.584. The molecule has 4 atom stereocenters. The van der Waals surface area contributed by atoms with Crippen molar-refractivity contribution in [2.45, 2.75) is 31.5 Å². The molecule has 10 heavy (non-hydrogen) atoms. The van der Waals surface area contributed by atoms with Crippen LogP contribution in [-0.2, 0) is 0 Å². The predicted octanol–water partition coefficient (Wildman–Crippen LogP) is 1.34. The molecule has 2 rings (SSSR count). The first-order chi connectivity index (χ1) is 4.81. The minimum atomic E-state index is -0.477. The smallest absolute Gasteiger partial charge is 0.103 e. The third-order valence-corrected chi connectivity index (χ3v) is 3.14. The Morgan fingerprint density at radius 2 is 2.00 bits per heavy atom. The molecule has 0 aromatic rings. The highest BCUT2D eigenvalue weighted by atomic mass is 19.1. The van der Waals surface area contributed by atoms with E-state index in [4.69, 9.17) is 0 Å². The standard InChI is InChI=1S/C8H14FN/c1-10-8-4-5-2-6(8)3-7(5)9/h5-8,10H,2-4H2,1H3. The van der Waals surface area contributed by atoms with Crippen molar-refractivity contribution in [3.05, 3.63) is 0 Å². The molecule has 0 heterocycles. The van der Waals surface area contributed by atoms with Crippen LogP contribution in [0.15, 0.2) is 0 Å². The molecule has 0 aromatic carbocycles. The van der Waals surface area contributed by atoms with E-state index in [0.717, 1.165) is 19.3 Å². The maximum Gasteiger partial charge on any atom is 0.103 e. The molecule has 2 bridgehead atoms. The van der Waals surface area contributed by atoms with Crippen molar-refractivity contribution >= 4 is 0 Å². The molecule has 58 valence electrons. The summed E-state index contributed by atoms with van der Waals surface area (Å²) in [6.07, 6.45) is 2.54. The van der Waals surface area contributed by atoms with Gasteiger partial charge < -0.3 is 5.32 Å². The Labute approximate surface area is 61.0 Å². The van der Waals surface area contributed by atoms with Gasteiger partial charge in [0, 0.05) is 6.04 Å². The minimum Gasteiger partial charge on any atom is -0.317 e. The SMILES string of the molecule is CNC1CC2CC1CC2F. The van der Waals surface area contributed by atoms with Gasteiger partial charge in [0.1, 0.15) is 6.17 Å². The van der Waals surface area contributed by atoms with Gasteiger partial charge in [-0.05, 0) is 38.1 Å². The Kier molecular flexibility index (Phi) is 1.44. The van der Waals surface area contributed by atoms with Crippen LogP contribution in [0.5, 0.6) is 0 Å². The van der Waals surface area contributed by atoms with E-state index in [1.54, 1.807) is 0 Å². The maximum atomic E-state index is 12.9. The molecule has 2 aliphatic carbocycles. The van der Waals surface area contributed by atoms with Crippen molar-refractivity contribution in [3.8, 4) is 0 Å². The Morgan fingerprint density at radius 3 is 2.40 bits per heavy atom. The molecule has 2 aliphatic rings. The Morgan fingerprint density at radius 1 is 1.20 bits per heavy atom. The second-order valence-corrected chi connectivity index (χ2v) is 3.64. The van der Waals surface area contributed by atoms with Crippen LogP contribution in [0.4, 0.5) is 4.39 Å². The molecule has 2 heteroatoms. The van der Waals surface area contributed by atoms with Crippen LogP contribution < -0.4 is 5.32 Å². The molecular weight excluding hydrogens is 129 g/mol. The number of alkyl halides is 1. The summed E-state index contributed by atoms with van der Waals surface area (Å²) in [6.45, 7) is 0. The second kappa shape index (κ2) is 2.19. The number of fused-ring (bicyclic) bond motifs is 2. The van der Waals surface area contributed by atoms with Gasteiger partial charge in [-0.2, -0.15) is 0 Å². The summed E-state index contributed by atoms with van der Waals surface area (Å²) in [5.74, 6) is 1.03. The Hall–Kier alpha value is -0.110. The van der Waals surface area contributed by atoms with Gasteiger partial charge in [0.25, 0.3) is 0 Å². The molecule has 4 unspecified atom stereocenters. The minimum absolute atomic E-state index is 0.391. The van der Waals surface area contributed by atoms with Gasteiger partial charge in [0.05, 0.1) is 0 Å². The summed E-state index contributed by atoms with van der Waals surface area (Å²) < 4.78 is 12.9. The van der Waals surface area contributed by atoms with Gasteiger partial charge in [0.2, 0.25) is 0 Å². The van der Waals surface area contributed by atoms with Crippen molar-refractivity contribution in [2.75, 3.05) is 7.05 Å². The van der Waals surface area contributed by atoms with Crippen LogP contribution >= 0.6 is 0 Å². The summed E-state index contributed by atoms with van der Waals surface area (Å²) in [5, 5.41) is 3.25. The lowest BCUT2D eigenvalue weighted by molar-refractivity contribution is 0.208. The molecule has 0 aliphatic heterocycles. The fourth-order valence-electron chi connectivity index (χ4n) is 2.56. The van der Waals surface area contributed by atoms with E-state index in [-0.39, 0.29) is 0 Å². The highest BCUT2D eigenvalue weighted by molar-refractivity contribution is 4.98. The number of nitrogens with one attached hydrogen (secondary N) is 1. The Balaban J connectivity index is 2.02. The molecule has 0 radical (unpaired) electrons. The van der Waals surface area contributed by atoms with Crippen molar-refractivity contribution in [1.29, 1.82) is 0 Å². The monoisotopic (exact) mass is 143 g/mol. The Bertz CT molecular complexity index is 135. The van der Waals surface area contributed by atoms with Crippen molar-refractivity contribution in [2.24, 2.45) is 11.8 Å². The van der Waals surface area contributed by atoms with Gasteiger partial charge in [-0.25, -0.2) is 4.39 Å². The topological polar surface area (TPSA) is 12.0 Å². The van der Waals surface area contributed by atoms with Crippen LogP contribution in [0.25, 0.3) is 0 Å². The highest BCUT2D eigenvalue weighted by Crippen LogP contribution is 2.45. The zero-order chi connectivity index (χ0) is 7.14. The summed E-state index contributed by atoms with van der Waals surface area (Å²) >= 11 is 0. The van der Waals surface area contributed by atoms with Crippen LogP contribution in [0.1, 0.15) is 19.3 Å². The molecule has 2 saturated carbocycles. The second-order valence-electron chi connectivity index (χ2n) is 3.64. The lowest BCUT2D eigenvalue weighted by Crippen LogP contribution is -2.33. The summed E-state index contributed by atoms with van der Waals surface area (Å²) in [5.41, 5.74) is 0. The van der Waals surface area contributed by atoms with Gasteiger partial charge in [-0.3, -0.25) is 0 Å². The van der Waals surface area contributed by atoms with Crippen molar-refractivity contribution < 1.29 is 4.39 Å². The van der Waals surface area contributed by atoms with E-state index < -0.39 is 6.17 Å². The number of hydrogen-bond donors (Lipinski definition) is 1. The van der Waals surface area contributed by atoms with E-state index >= 15 is 0 Å². The third-order valence-electron chi connectivity index (χ3n) is 3.14. The zero-order valence-electron chi connectivity index (χ0n) is 6.31. The average Bonchev–Trinajstić information content (AvgIpc) is 2.44. The summed E-state index contributed by atoms with van der Waals surface area (Å²) in [6, 6.07) is 0.622. The number of halogens is 1. The largest absolute Gasteiger partial charge is 0.317 e. The van der Waals surface area contributed by atoms with Crippen LogP contribution in [0.3, 0.4) is 0 Å². The predicted molar refractivity (Wildman–Crippen MR) is 38.6 cm³/mol. The first kappa shape index (κ1) is 6.59. The summed E-state index contributed by atoms with van der Waals surface area (Å²) in [7, 11) is 1.98. The van der Waals surface area contributed by atoms with Gasteiger partial charge in [0.15, 0.2) is 0 Å². The molecule has 0 saturated heterocycles. The zero-order valence-corrected chi connectivity index (χ0v) is 6.31. The molecule has 1 nitrogen and oxygen atoms in total. The van der Waals surface area contributed by atoms with E-state index in [1.807, 2.05) is 7.05 Å². The molecule has 0 spiro atoms. The van der Waals surface area contributed by atoms with E-state index in [0.29, 0.717) is 17.9 Å². The lowest BCUT2D eigenvalue weighted by atomic mass is 9.94. The molecule has 2 fully saturated rings. The fourth-order valence-corrected chi connectivity index (χ4v) is 2.56. The first-order valence-corrected chi connectivity index (χ1v) is 4.12. The van der Waals surface area contributed by atoms with Gasteiger partial charge in [-0.1, -0.05) is 0 Å². The van der Waals surface area contributed by atoms with E-state index in [9.17, 15) is 4.39 Å². The van der Waals surface area contributed by atoms with Crippen LogP contribution in [0, 0.1) is 11.8 Å². The number of rotatable bonds is 1. The fraction of sp³-hybridized carbons (Fsp3) is 1.00. The molecule has 0 amide bonds.